The van der Waals surface area contributed by atoms with E-state index < -0.39 is 20.0 Å². The number of nitrogens with zero attached hydrogens (tertiary/aromatic N) is 1. The summed E-state index contributed by atoms with van der Waals surface area (Å²) in [5.74, 6) is -0.215. The summed E-state index contributed by atoms with van der Waals surface area (Å²) in [5, 5.41) is 4.68. The third-order valence-corrected chi connectivity index (χ3v) is 11.2. The van der Waals surface area contributed by atoms with Gasteiger partial charge in [0.15, 0.2) is 10.9 Å². The average Bonchev–Trinajstić information content (AvgIpc) is 2.82. The first-order valence-corrected chi connectivity index (χ1v) is 14.6. The highest BCUT2D eigenvalue weighted by molar-refractivity contribution is 6.99. The van der Waals surface area contributed by atoms with E-state index in [0.717, 1.165) is 10.4 Å². The van der Waals surface area contributed by atoms with Gasteiger partial charge in [-0.05, 0) is 42.2 Å². The molecule has 3 aromatic rings. The van der Waals surface area contributed by atoms with Crippen molar-refractivity contribution >= 4 is 47.9 Å². The van der Waals surface area contributed by atoms with Gasteiger partial charge in [0, 0.05) is 24.8 Å². The van der Waals surface area contributed by atoms with Crippen LogP contribution in [0, 0.1) is 0 Å². The van der Waals surface area contributed by atoms with Crippen LogP contribution in [0.2, 0.25) is 10.2 Å². The lowest BCUT2D eigenvalue weighted by Crippen LogP contribution is -2.66. The zero-order valence-electron chi connectivity index (χ0n) is 22.3. The van der Waals surface area contributed by atoms with Crippen LogP contribution in [0.1, 0.15) is 58.3 Å². The quantitative estimate of drug-likeness (QED) is 0.209. The molecule has 0 aliphatic heterocycles. The first-order chi connectivity index (χ1) is 17.3. The molecule has 8 heteroatoms. The van der Waals surface area contributed by atoms with Crippen LogP contribution in [0.15, 0.2) is 72.9 Å². The van der Waals surface area contributed by atoms with Gasteiger partial charge >= 0.3 is 6.09 Å². The third kappa shape index (κ3) is 6.86. The van der Waals surface area contributed by atoms with E-state index in [1.807, 2.05) is 36.4 Å². The van der Waals surface area contributed by atoms with Crippen molar-refractivity contribution in [1.82, 2.24) is 4.98 Å². The number of benzene rings is 2. The lowest BCUT2D eigenvalue weighted by molar-refractivity contribution is 0.0636. The van der Waals surface area contributed by atoms with Crippen LogP contribution in [0.25, 0.3) is 0 Å². The SMILES string of the molecule is CC(C)(C)OC(=O)Nc1c(C(=O)CCO[Si](c2ccccc2)(c2ccccc2)C(C)(C)C)ccnc1Cl. The van der Waals surface area contributed by atoms with E-state index in [1.54, 1.807) is 26.8 Å². The molecule has 1 amide bonds. The van der Waals surface area contributed by atoms with Gasteiger partial charge < -0.3 is 9.16 Å². The number of pyridine rings is 1. The number of halogens is 1. The Kier molecular flexibility index (Phi) is 8.95. The minimum Gasteiger partial charge on any atom is -0.444 e. The third-order valence-electron chi connectivity index (χ3n) is 5.90. The van der Waals surface area contributed by atoms with Crippen LogP contribution >= 0.6 is 11.6 Å². The Labute approximate surface area is 225 Å². The van der Waals surface area contributed by atoms with Gasteiger partial charge in [-0.3, -0.25) is 10.1 Å². The molecule has 37 heavy (non-hydrogen) atoms. The molecule has 0 aliphatic rings. The highest BCUT2D eigenvalue weighted by atomic mass is 35.5. The second-order valence-corrected chi connectivity index (χ2v) is 15.5. The Morgan fingerprint density at radius 3 is 1.92 bits per heavy atom. The molecule has 196 valence electrons. The van der Waals surface area contributed by atoms with Gasteiger partial charge in [0.1, 0.15) is 5.60 Å². The molecular weight excluding hydrogens is 504 g/mol. The first kappa shape index (κ1) is 28.6. The molecular formula is C29H35ClN2O4Si. The largest absolute Gasteiger partial charge is 0.444 e. The number of aromatic nitrogens is 1. The lowest BCUT2D eigenvalue weighted by Gasteiger charge is -2.43. The predicted octanol–water partition coefficient (Wildman–Crippen LogP) is 6.23. The van der Waals surface area contributed by atoms with Crippen LogP contribution in [-0.2, 0) is 9.16 Å². The number of anilines is 1. The number of hydrogen-bond acceptors (Lipinski definition) is 5. The van der Waals surface area contributed by atoms with Crippen molar-refractivity contribution in [2.45, 2.75) is 58.6 Å². The molecule has 0 radical (unpaired) electrons. The summed E-state index contributed by atoms with van der Waals surface area (Å²) in [6.07, 6.45) is 0.840. The van der Waals surface area contributed by atoms with E-state index in [1.165, 1.54) is 6.20 Å². The summed E-state index contributed by atoms with van der Waals surface area (Å²) in [6, 6.07) is 22.1. The fourth-order valence-corrected chi connectivity index (χ4v) is 9.16. The highest BCUT2D eigenvalue weighted by Crippen LogP contribution is 2.37. The molecule has 6 nitrogen and oxygen atoms in total. The number of carbonyl (C=O) groups is 2. The van der Waals surface area contributed by atoms with E-state index in [2.05, 4.69) is 55.3 Å². The van der Waals surface area contributed by atoms with Crippen molar-refractivity contribution in [3.8, 4) is 0 Å². The van der Waals surface area contributed by atoms with Crippen molar-refractivity contribution in [3.63, 3.8) is 0 Å². The van der Waals surface area contributed by atoms with Crippen molar-refractivity contribution in [2.24, 2.45) is 0 Å². The average molecular weight is 539 g/mol. The Balaban J connectivity index is 1.88. The van der Waals surface area contributed by atoms with Crippen LogP contribution < -0.4 is 15.7 Å². The maximum absolute atomic E-state index is 13.3. The van der Waals surface area contributed by atoms with Gasteiger partial charge in [0.2, 0.25) is 0 Å². The number of hydrogen-bond donors (Lipinski definition) is 1. The summed E-state index contributed by atoms with van der Waals surface area (Å²) in [5.41, 5.74) is -0.308. The molecule has 1 N–H and O–H groups in total. The molecule has 2 aromatic carbocycles. The maximum Gasteiger partial charge on any atom is 0.412 e. The summed E-state index contributed by atoms with van der Waals surface area (Å²) in [6.45, 7) is 12.0. The topological polar surface area (TPSA) is 77.5 Å². The molecule has 0 atom stereocenters. The Morgan fingerprint density at radius 1 is 0.892 bits per heavy atom. The second kappa shape index (κ2) is 11.6. The zero-order chi connectivity index (χ0) is 27.3. The standard InChI is InChI=1S/C29H35ClN2O4Si/c1-28(2,3)36-27(34)32-25-23(17-19-31-26(25)30)24(33)18-20-35-37(29(4,5)6,21-13-9-7-10-14-21)22-15-11-8-12-16-22/h7-17,19H,18,20H2,1-6H3,(H,32,34). The Bertz CT molecular complexity index is 1180. The number of ether oxygens (including phenoxy) is 1. The minimum atomic E-state index is -2.77. The maximum atomic E-state index is 13.3. The fourth-order valence-electron chi connectivity index (χ4n) is 4.39. The summed E-state index contributed by atoms with van der Waals surface area (Å²) in [4.78, 5) is 29.7. The molecule has 0 saturated heterocycles. The van der Waals surface area contributed by atoms with Gasteiger partial charge in [-0.1, -0.05) is 93.0 Å². The summed E-state index contributed by atoms with van der Waals surface area (Å²) >= 11 is 6.26. The molecule has 0 saturated carbocycles. The number of rotatable bonds is 8. The fraction of sp³-hybridized carbons (Fsp3) is 0.345. The molecule has 3 rings (SSSR count). The molecule has 1 aromatic heterocycles. The molecule has 1 heterocycles. The van der Waals surface area contributed by atoms with Crippen LogP contribution in [0.5, 0.6) is 0 Å². The van der Waals surface area contributed by atoms with Crippen molar-refractivity contribution in [3.05, 3.63) is 83.6 Å². The van der Waals surface area contributed by atoms with Gasteiger partial charge in [-0.2, -0.15) is 0 Å². The van der Waals surface area contributed by atoms with Crippen LogP contribution in [-0.4, -0.2) is 37.4 Å². The van der Waals surface area contributed by atoms with Gasteiger partial charge in [-0.25, -0.2) is 9.78 Å². The Morgan fingerprint density at radius 2 is 1.43 bits per heavy atom. The number of carbonyl (C=O) groups excluding carboxylic acids is 2. The highest BCUT2D eigenvalue weighted by Gasteiger charge is 2.50. The predicted molar refractivity (Wildman–Crippen MR) is 152 cm³/mol. The van der Waals surface area contributed by atoms with E-state index in [0.29, 0.717) is 0 Å². The van der Waals surface area contributed by atoms with E-state index >= 15 is 0 Å². The summed E-state index contributed by atoms with van der Waals surface area (Å²) in [7, 11) is -2.77. The van der Waals surface area contributed by atoms with Gasteiger partial charge in [0.25, 0.3) is 8.32 Å². The number of nitrogens with one attached hydrogen (secondary N) is 1. The van der Waals surface area contributed by atoms with E-state index in [-0.39, 0.29) is 40.3 Å². The number of amides is 1. The van der Waals surface area contributed by atoms with Crippen molar-refractivity contribution in [2.75, 3.05) is 11.9 Å². The summed E-state index contributed by atoms with van der Waals surface area (Å²) < 4.78 is 12.2. The van der Waals surface area contributed by atoms with Gasteiger partial charge in [-0.15, -0.1) is 0 Å². The molecule has 0 spiro atoms. The Hall–Kier alpha value is -3.00. The zero-order valence-corrected chi connectivity index (χ0v) is 24.1. The normalized spacial score (nSPS) is 12.2. The first-order valence-electron chi connectivity index (χ1n) is 12.3. The smallest absolute Gasteiger partial charge is 0.412 e. The monoisotopic (exact) mass is 538 g/mol. The molecule has 0 fully saturated rings. The van der Waals surface area contributed by atoms with Crippen LogP contribution in [0.4, 0.5) is 10.5 Å². The van der Waals surface area contributed by atoms with Crippen molar-refractivity contribution < 1.29 is 18.8 Å². The second-order valence-electron chi connectivity index (χ2n) is 10.8. The van der Waals surface area contributed by atoms with Crippen molar-refractivity contribution in [1.29, 1.82) is 0 Å². The number of ketones is 1. The molecule has 0 bridgehead atoms. The van der Waals surface area contributed by atoms with Crippen LogP contribution in [0.3, 0.4) is 0 Å². The lowest BCUT2D eigenvalue weighted by atomic mass is 10.1. The molecule has 0 aliphatic carbocycles. The number of Topliss-reactive ketones (excluding diaryl/α,β-unsaturated/α-hetero) is 1. The van der Waals surface area contributed by atoms with E-state index in [4.69, 9.17) is 20.8 Å². The molecule has 0 unspecified atom stereocenters. The van der Waals surface area contributed by atoms with Gasteiger partial charge in [0.05, 0.1) is 5.69 Å². The minimum absolute atomic E-state index is 0.0182. The van der Waals surface area contributed by atoms with E-state index in [9.17, 15) is 9.59 Å².